The molecule has 2 N–H and O–H groups in total. The van der Waals surface area contributed by atoms with Crippen molar-refractivity contribution in [3.63, 3.8) is 0 Å². The molecule has 0 saturated carbocycles. The average molecular weight is 244 g/mol. The first-order valence-electron chi connectivity index (χ1n) is 5.58. The van der Waals surface area contributed by atoms with Gasteiger partial charge in [-0.3, -0.25) is 9.69 Å². The van der Waals surface area contributed by atoms with Crippen LogP contribution in [-0.2, 0) is 14.3 Å². The van der Waals surface area contributed by atoms with Crippen LogP contribution >= 0.6 is 0 Å². The first-order chi connectivity index (χ1) is 7.76. The van der Waals surface area contributed by atoms with Gasteiger partial charge in [-0.25, -0.2) is 4.79 Å². The lowest BCUT2D eigenvalue weighted by Gasteiger charge is -2.28. The van der Waals surface area contributed by atoms with E-state index in [1.165, 1.54) is 12.0 Å². The Kier molecular flexibility index (Phi) is 3.98. The molecule has 1 heterocycles. The van der Waals surface area contributed by atoms with Crippen LogP contribution in [0.15, 0.2) is 0 Å². The summed E-state index contributed by atoms with van der Waals surface area (Å²) in [5, 5.41) is 0. The van der Waals surface area contributed by atoms with Gasteiger partial charge >= 0.3 is 6.09 Å². The Morgan fingerprint density at radius 2 is 1.94 bits per heavy atom. The van der Waals surface area contributed by atoms with Crippen molar-refractivity contribution in [3.8, 4) is 0 Å². The molecule has 1 aliphatic heterocycles. The largest absolute Gasteiger partial charge is 0.444 e. The fraction of sp³-hybridized carbons (Fsp3) is 0.818. The maximum Gasteiger partial charge on any atom is 0.411 e. The highest BCUT2D eigenvalue weighted by molar-refractivity contribution is 5.85. The second kappa shape index (κ2) is 4.91. The minimum absolute atomic E-state index is 0.347. The number of likely N-dealkylation sites (tertiary alicyclic amines) is 1. The Bertz CT molecular complexity index is 311. The summed E-state index contributed by atoms with van der Waals surface area (Å²) in [5.74, 6) is -0.569. The first-order valence-corrected chi connectivity index (χ1v) is 5.58. The third-order valence-electron chi connectivity index (χ3n) is 2.56. The third kappa shape index (κ3) is 3.33. The molecule has 1 unspecified atom stereocenters. The summed E-state index contributed by atoms with van der Waals surface area (Å²) in [6.45, 7) is 5.73. The van der Waals surface area contributed by atoms with Crippen molar-refractivity contribution in [3.05, 3.63) is 0 Å². The zero-order valence-corrected chi connectivity index (χ0v) is 10.7. The Morgan fingerprint density at radius 3 is 2.35 bits per heavy atom. The molecule has 6 nitrogen and oxygen atoms in total. The van der Waals surface area contributed by atoms with Crippen LogP contribution in [-0.4, -0.2) is 48.3 Å². The number of carbonyl (C=O) groups is 2. The van der Waals surface area contributed by atoms with Crippen LogP contribution in [0.5, 0.6) is 0 Å². The predicted molar refractivity (Wildman–Crippen MR) is 61.3 cm³/mol. The quantitative estimate of drug-likeness (QED) is 0.766. The molecule has 0 aromatic rings. The van der Waals surface area contributed by atoms with E-state index in [4.69, 9.17) is 15.2 Å². The summed E-state index contributed by atoms with van der Waals surface area (Å²) < 4.78 is 10.4. The first kappa shape index (κ1) is 13.8. The number of hydrogen-bond donors (Lipinski definition) is 1. The van der Waals surface area contributed by atoms with Gasteiger partial charge in [0.05, 0.1) is 6.10 Å². The molecule has 0 bridgehead atoms. The fourth-order valence-corrected chi connectivity index (χ4v) is 1.87. The van der Waals surface area contributed by atoms with Crippen LogP contribution in [0.2, 0.25) is 0 Å². The van der Waals surface area contributed by atoms with Crippen molar-refractivity contribution >= 4 is 12.0 Å². The molecule has 0 spiro atoms. The number of hydrogen-bond acceptors (Lipinski definition) is 4. The lowest BCUT2D eigenvalue weighted by molar-refractivity contribution is -0.125. The molecule has 98 valence electrons. The SMILES string of the molecule is CO[C@H]1CCN(C(=O)OC(C)(C)C)C1C(N)=O. The molecule has 0 radical (unpaired) electrons. The van der Waals surface area contributed by atoms with Gasteiger partial charge in [-0.1, -0.05) is 0 Å². The monoisotopic (exact) mass is 244 g/mol. The maximum atomic E-state index is 11.9. The molecule has 1 saturated heterocycles. The number of primary amides is 1. The summed E-state index contributed by atoms with van der Waals surface area (Å²) in [7, 11) is 1.50. The Morgan fingerprint density at radius 1 is 1.35 bits per heavy atom. The Labute approximate surface area is 101 Å². The third-order valence-corrected chi connectivity index (χ3v) is 2.56. The van der Waals surface area contributed by atoms with E-state index < -0.39 is 23.6 Å². The topological polar surface area (TPSA) is 81.9 Å². The van der Waals surface area contributed by atoms with Crippen molar-refractivity contribution in [2.45, 2.75) is 44.9 Å². The highest BCUT2D eigenvalue weighted by Gasteiger charge is 2.42. The van der Waals surface area contributed by atoms with E-state index >= 15 is 0 Å². The van der Waals surface area contributed by atoms with Crippen molar-refractivity contribution in [2.75, 3.05) is 13.7 Å². The standard InChI is InChI=1S/C11H20N2O4/c1-11(2,3)17-10(15)13-6-5-7(16-4)8(13)9(12)14/h7-8H,5-6H2,1-4H3,(H2,12,14)/t7-,8?/m0/s1. The molecule has 0 aromatic heterocycles. The molecule has 2 amide bonds. The summed E-state index contributed by atoms with van der Waals surface area (Å²) in [4.78, 5) is 24.6. The van der Waals surface area contributed by atoms with Crippen molar-refractivity contribution in [2.24, 2.45) is 5.73 Å². The highest BCUT2D eigenvalue weighted by atomic mass is 16.6. The number of nitrogens with two attached hydrogens (primary N) is 1. The van der Waals surface area contributed by atoms with E-state index in [1.54, 1.807) is 20.8 Å². The average Bonchev–Trinajstić information content (AvgIpc) is 2.57. The second-order valence-corrected chi connectivity index (χ2v) is 5.08. The number of rotatable bonds is 2. The molecule has 17 heavy (non-hydrogen) atoms. The molecular formula is C11H20N2O4. The number of amides is 2. The van der Waals surface area contributed by atoms with Crippen LogP contribution in [0.25, 0.3) is 0 Å². The van der Waals surface area contributed by atoms with Gasteiger partial charge in [-0.05, 0) is 27.2 Å². The summed E-state index contributed by atoms with van der Waals surface area (Å²) in [6, 6.07) is -0.741. The van der Waals surface area contributed by atoms with E-state index in [2.05, 4.69) is 0 Å². The minimum atomic E-state index is -0.741. The molecule has 1 fully saturated rings. The fourth-order valence-electron chi connectivity index (χ4n) is 1.87. The van der Waals surface area contributed by atoms with E-state index in [9.17, 15) is 9.59 Å². The van der Waals surface area contributed by atoms with Crippen LogP contribution < -0.4 is 5.73 Å². The lowest BCUT2D eigenvalue weighted by Crippen LogP contribution is -2.50. The van der Waals surface area contributed by atoms with Gasteiger partial charge in [0.2, 0.25) is 5.91 Å². The molecule has 2 atom stereocenters. The normalized spacial score (nSPS) is 24.8. The molecular weight excluding hydrogens is 224 g/mol. The van der Waals surface area contributed by atoms with Crippen LogP contribution in [0.4, 0.5) is 4.79 Å². The molecule has 1 rings (SSSR count). The Hall–Kier alpha value is -1.30. The zero-order valence-electron chi connectivity index (χ0n) is 10.7. The smallest absolute Gasteiger partial charge is 0.411 e. The van der Waals surface area contributed by atoms with E-state index in [-0.39, 0.29) is 6.10 Å². The van der Waals surface area contributed by atoms with E-state index in [0.29, 0.717) is 13.0 Å². The van der Waals surface area contributed by atoms with Gasteiger partial charge in [0, 0.05) is 13.7 Å². The van der Waals surface area contributed by atoms with Gasteiger partial charge in [0.25, 0.3) is 0 Å². The van der Waals surface area contributed by atoms with Gasteiger partial charge in [-0.15, -0.1) is 0 Å². The highest BCUT2D eigenvalue weighted by Crippen LogP contribution is 2.22. The van der Waals surface area contributed by atoms with Gasteiger partial charge in [0.1, 0.15) is 11.6 Å². The van der Waals surface area contributed by atoms with Gasteiger partial charge in [0.15, 0.2) is 0 Å². The molecule has 0 aliphatic carbocycles. The lowest BCUT2D eigenvalue weighted by atomic mass is 10.1. The van der Waals surface area contributed by atoms with E-state index in [1.807, 2.05) is 0 Å². The Balaban J connectivity index is 2.76. The van der Waals surface area contributed by atoms with Gasteiger partial charge < -0.3 is 15.2 Å². The molecule has 1 aliphatic rings. The summed E-state index contributed by atoms with van der Waals surface area (Å²) in [6.07, 6.45) is -0.288. The van der Waals surface area contributed by atoms with Gasteiger partial charge in [-0.2, -0.15) is 0 Å². The zero-order chi connectivity index (χ0) is 13.2. The van der Waals surface area contributed by atoms with Crippen molar-refractivity contribution in [1.82, 2.24) is 4.90 Å². The summed E-state index contributed by atoms with van der Waals surface area (Å²) in [5.41, 5.74) is 4.69. The summed E-state index contributed by atoms with van der Waals surface area (Å²) >= 11 is 0. The van der Waals surface area contributed by atoms with Crippen LogP contribution in [0.1, 0.15) is 27.2 Å². The number of methoxy groups -OCH3 is 1. The van der Waals surface area contributed by atoms with Crippen LogP contribution in [0.3, 0.4) is 0 Å². The van der Waals surface area contributed by atoms with Crippen molar-refractivity contribution < 1.29 is 19.1 Å². The molecule has 6 heteroatoms. The van der Waals surface area contributed by atoms with Crippen LogP contribution in [0, 0.1) is 0 Å². The second-order valence-electron chi connectivity index (χ2n) is 5.08. The minimum Gasteiger partial charge on any atom is -0.444 e. The van der Waals surface area contributed by atoms with Crippen molar-refractivity contribution in [1.29, 1.82) is 0 Å². The van der Waals surface area contributed by atoms with E-state index in [0.717, 1.165) is 0 Å². The predicted octanol–water partition coefficient (Wildman–Crippen LogP) is 0.496. The number of nitrogens with zero attached hydrogens (tertiary/aromatic N) is 1. The number of ether oxygens (including phenoxy) is 2. The number of carbonyl (C=O) groups excluding carboxylic acids is 2. The molecule has 0 aromatic carbocycles. The maximum absolute atomic E-state index is 11.9.